The number of imidazole rings is 1. The second-order valence-corrected chi connectivity index (χ2v) is 13.3. The van der Waals surface area contributed by atoms with Crippen molar-refractivity contribution in [3.05, 3.63) is 142 Å². The summed E-state index contributed by atoms with van der Waals surface area (Å²) in [5, 5.41) is 20.8. The van der Waals surface area contributed by atoms with Crippen LogP contribution in [0.1, 0.15) is 39.7 Å². The summed E-state index contributed by atoms with van der Waals surface area (Å²) in [5.74, 6) is -0.719. The first-order chi connectivity index (χ1) is 22.9. The number of rotatable bonds is 9. The Bertz CT molecular complexity index is 2140. The van der Waals surface area contributed by atoms with Crippen molar-refractivity contribution in [1.29, 1.82) is 0 Å². The van der Waals surface area contributed by atoms with Crippen molar-refractivity contribution in [1.82, 2.24) is 19.6 Å². The molecule has 7 rings (SSSR count). The molecule has 11 heteroatoms. The summed E-state index contributed by atoms with van der Waals surface area (Å²) >= 11 is 2.73. The maximum absolute atomic E-state index is 13.9. The molecule has 1 amide bonds. The molecule has 1 aliphatic heterocycles. The third-order valence-electron chi connectivity index (χ3n) is 7.88. The minimum Gasteiger partial charge on any atom is -0.505 e. The summed E-state index contributed by atoms with van der Waals surface area (Å²) in [6.45, 7) is 4.14. The Balaban J connectivity index is 1.29. The predicted molar refractivity (Wildman–Crippen MR) is 183 cm³/mol. The van der Waals surface area contributed by atoms with E-state index in [0.717, 1.165) is 11.1 Å². The zero-order chi connectivity index (χ0) is 32.5. The Morgan fingerprint density at radius 3 is 2.51 bits per heavy atom. The minimum atomic E-state index is -0.994. The van der Waals surface area contributed by atoms with Gasteiger partial charge in [-0.15, -0.1) is 10.2 Å². The lowest BCUT2D eigenvalue weighted by Gasteiger charge is -2.23. The van der Waals surface area contributed by atoms with Gasteiger partial charge in [-0.05, 0) is 54.8 Å². The van der Waals surface area contributed by atoms with Crippen LogP contribution in [-0.4, -0.2) is 36.4 Å². The fraction of sp³-hybridized carbons (Fsp3) is 0.139. The Morgan fingerprint density at radius 1 is 0.915 bits per heavy atom. The molecule has 1 fully saturated rings. The van der Waals surface area contributed by atoms with Crippen molar-refractivity contribution in [2.45, 2.75) is 36.6 Å². The molecule has 0 saturated carbocycles. The molecule has 3 aromatic heterocycles. The number of ether oxygens (including phenoxy) is 1. The first-order valence-corrected chi connectivity index (χ1v) is 16.7. The van der Waals surface area contributed by atoms with Crippen LogP contribution in [0.4, 0.5) is 5.13 Å². The molecule has 1 aliphatic rings. The number of fused-ring (bicyclic) bond motifs is 1. The number of anilines is 1. The monoisotopic (exact) mass is 659 g/mol. The number of aliphatic hydroxyl groups excluding tert-OH is 1. The van der Waals surface area contributed by atoms with Crippen molar-refractivity contribution in [3.63, 3.8) is 0 Å². The maximum Gasteiger partial charge on any atom is 0.301 e. The van der Waals surface area contributed by atoms with Crippen molar-refractivity contribution in [2.75, 3.05) is 4.90 Å². The van der Waals surface area contributed by atoms with Gasteiger partial charge in [0, 0.05) is 11.9 Å². The van der Waals surface area contributed by atoms with Crippen LogP contribution in [0.5, 0.6) is 5.75 Å². The lowest BCUT2D eigenvalue weighted by molar-refractivity contribution is -0.132. The minimum absolute atomic E-state index is 0.0620. The Labute approximate surface area is 279 Å². The summed E-state index contributed by atoms with van der Waals surface area (Å²) in [6, 6.07) is 29.7. The number of hydrogen-bond acceptors (Lipinski definition) is 9. The van der Waals surface area contributed by atoms with Crippen molar-refractivity contribution in [2.24, 2.45) is 0 Å². The number of amides is 1. The number of thioether (sulfide) groups is 1. The summed E-state index contributed by atoms with van der Waals surface area (Å²) in [5.41, 5.74) is 5.29. The number of aliphatic hydroxyl groups is 1. The molecule has 234 valence electrons. The lowest BCUT2D eigenvalue weighted by atomic mass is 9.96. The van der Waals surface area contributed by atoms with Gasteiger partial charge in [-0.1, -0.05) is 101 Å². The van der Waals surface area contributed by atoms with Gasteiger partial charge in [-0.3, -0.25) is 18.9 Å². The number of ketones is 1. The molecular weight excluding hydrogens is 631 g/mol. The van der Waals surface area contributed by atoms with E-state index in [1.165, 1.54) is 33.6 Å². The van der Waals surface area contributed by atoms with Crippen LogP contribution in [0.25, 0.3) is 11.4 Å². The third-order valence-corrected chi connectivity index (χ3v) is 10.0. The molecular formula is C36H29N5O4S2. The fourth-order valence-corrected chi connectivity index (χ4v) is 7.40. The van der Waals surface area contributed by atoms with Crippen molar-refractivity contribution < 1.29 is 19.4 Å². The molecule has 3 aromatic carbocycles. The highest BCUT2D eigenvalue weighted by Gasteiger charge is 2.49. The van der Waals surface area contributed by atoms with Gasteiger partial charge in [-0.25, -0.2) is 4.98 Å². The second kappa shape index (κ2) is 12.9. The van der Waals surface area contributed by atoms with Gasteiger partial charge >= 0.3 is 5.91 Å². The highest BCUT2D eigenvalue weighted by Crippen LogP contribution is 2.45. The summed E-state index contributed by atoms with van der Waals surface area (Å²) < 4.78 is 8.47. The second-order valence-electron chi connectivity index (χ2n) is 11.1. The zero-order valence-corrected chi connectivity index (χ0v) is 27.2. The number of nitrogens with zero attached hydrogens (tertiary/aromatic N) is 5. The van der Waals surface area contributed by atoms with Crippen LogP contribution >= 0.6 is 23.1 Å². The average molecular weight is 660 g/mol. The fourth-order valence-electron chi connectivity index (χ4n) is 5.57. The largest absolute Gasteiger partial charge is 0.505 e. The SMILES string of the molecule is Cc1ccc(CSc2nnc(N3C(=O)C(=O)C(=C(O)c4c(C)nc5ccccn45)C3c3cccc(OCc4ccccc4)c3)s2)cc1. The summed E-state index contributed by atoms with van der Waals surface area (Å²) in [6.07, 6.45) is 1.76. The van der Waals surface area contributed by atoms with E-state index in [1.54, 1.807) is 29.7 Å². The number of Topliss-reactive ketones (excluding diaryl/α,β-unsaturated/α-hetero) is 1. The van der Waals surface area contributed by atoms with Crippen molar-refractivity contribution >= 4 is 51.3 Å². The van der Waals surface area contributed by atoms with E-state index >= 15 is 0 Å². The normalized spacial score (nSPS) is 15.9. The quantitative estimate of drug-likeness (QED) is 0.0566. The number of hydrogen-bond donors (Lipinski definition) is 1. The highest BCUT2D eigenvalue weighted by molar-refractivity contribution is 8.00. The average Bonchev–Trinajstić information content (AvgIpc) is 3.77. The standard InChI is InChI=1S/C36H29N5O4S2/c1-22-14-16-25(17-15-22)21-46-36-39-38-35(47-36)41-31(26-11-8-12-27(19-26)45-20-24-9-4-3-5-10-24)29(33(43)34(41)44)32(42)30-23(2)37-28-13-6-7-18-40(28)30/h3-19,31,42H,20-21H2,1-2H3. The molecule has 0 bridgehead atoms. The van der Waals surface area contributed by atoms with Crippen LogP contribution in [0.3, 0.4) is 0 Å². The summed E-state index contributed by atoms with van der Waals surface area (Å²) in [4.78, 5) is 33.6. The number of carbonyl (C=O) groups is 2. The molecule has 1 atom stereocenters. The van der Waals surface area contributed by atoms with Gasteiger partial charge in [0.25, 0.3) is 5.78 Å². The van der Waals surface area contributed by atoms with Gasteiger partial charge in [0.15, 0.2) is 10.1 Å². The molecule has 4 heterocycles. The van der Waals surface area contributed by atoms with Crippen molar-refractivity contribution in [3.8, 4) is 5.75 Å². The van der Waals surface area contributed by atoms with E-state index in [0.29, 0.717) is 45.0 Å². The molecule has 0 aliphatic carbocycles. The molecule has 47 heavy (non-hydrogen) atoms. The number of pyridine rings is 1. The van der Waals surface area contributed by atoms with E-state index in [9.17, 15) is 14.7 Å². The molecule has 1 N–H and O–H groups in total. The molecule has 9 nitrogen and oxygen atoms in total. The van der Waals surface area contributed by atoms with Crippen LogP contribution < -0.4 is 9.64 Å². The number of aryl methyl sites for hydroxylation is 2. The van der Waals surface area contributed by atoms with E-state index in [1.807, 2.05) is 67.6 Å². The Hall–Kier alpha value is -5.26. The van der Waals surface area contributed by atoms with Gasteiger partial charge in [0.1, 0.15) is 23.7 Å². The number of carbonyl (C=O) groups excluding carboxylic acids is 2. The topological polar surface area (TPSA) is 110 Å². The zero-order valence-electron chi connectivity index (χ0n) is 25.5. The van der Waals surface area contributed by atoms with Crippen LogP contribution in [0, 0.1) is 13.8 Å². The highest BCUT2D eigenvalue weighted by atomic mass is 32.2. The smallest absolute Gasteiger partial charge is 0.301 e. The van der Waals surface area contributed by atoms with Crippen LogP contribution in [0.2, 0.25) is 0 Å². The van der Waals surface area contributed by atoms with E-state index in [2.05, 4.69) is 39.4 Å². The van der Waals surface area contributed by atoms with Crippen LogP contribution in [-0.2, 0) is 21.9 Å². The predicted octanol–water partition coefficient (Wildman–Crippen LogP) is 7.30. The van der Waals surface area contributed by atoms with E-state index < -0.39 is 17.7 Å². The molecule has 1 unspecified atom stereocenters. The maximum atomic E-state index is 13.9. The molecule has 6 aromatic rings. The Morgan fingerprint density at radius 2 is 1.70 bits per heavy atom. The van der Waals surface area contributed by atoms with Crippen LogP contribution in [0.15, 0.2) is 113 Å². The molecule has 1 saturated heterocycles. The van der Waals surface area contributed by atoms with E-state index in [-0.39, 0.29) is 16.5 Å². The third kappa shape index (κ3) is 6.02. The van der Waals surface area contributed by atoms with Gasteiger partial charge in [0.2, 0.25) is 5.13 Å². The molecule has 0 radical (unpaired) electrons. The van der Waals surface area contributed by atoms with Gasteiger partial charge in [0.05, 0.1) is 17.3 Å². The van der Waals surface area contributed by atoms with Gasteiger partial charge in [-0.2, -0.15) is 0 Å². The van der Waals surface area contributed by atoms with Gasteiger partial charge < -0.3 is 9.84 Å². The first kappa shape index (κ1) is 30.4. The number of aromatic nitrogens is 4. The lowest BCUT2D eigenvalue weighted by Crippen LogP contribution is -2.29. The number of benzene rings is 3. The van der Waals surface area contributed by atoms with E-state index in [4.69, 9.17) is 4.74 Å². The summed E-state index contributed by atoms with van der Waals surface area (Å²) in [7, 11) is 0. The Kier molecular flexibility index (Phi) is 8.32. The molecule has 0 spiro atoms. The first-order valence-electron chi connectivity index (χ1n) is 14.9.